The summed E-state index contributed by atoms with van der Waals surface area (Å²) in [6.45, 7) is 1.49. The van der Waals surface area contributed by atoms with Gasteiger partial charge in [-0.1, -0.05) is 11.8 Å². The van der Waals surface area contributed by atoms with E-state index in [0.717, 1.165) is 0 Å². The zero-order valence-electron chi connectivity index (χ0n) is 5.52. The van der Waals surface area contributed by atoms with Gasteiger partial charge in [0, 0.05) is 19.1 Å². The van der Waals surface area contributed by atoms with E-state index in [2.05, 4.69) is 3.53 Å². The predicted octanol–water partition coefficient (Wildman–Crippen LogP) is 1.12. The van der Waals surface area contributed by atoms with E-state index in [0.29, 0.717) is 12.2 Å². The highest BCUT2D eigenvalue weighted by molar-refractivity contribution is 14.1. The van der Waals surface area contributed by atoms with E-state index in [1.54, 1.807) is 22.9 Å². The Morgan fingerprint density at radius 3 is 2.60 bits per heavy atom. The number of halogens is 1. The van der Waals surface area contributed by atoms with Crippen LogP contribution in [0.2, 0.25) is 0 Å². The van der Waals surface area contributed by atoms with Gasteiger partial charge in [0.2, 0.25) is 5.91 Å². The molecule has 0 aromatic carbocycles. The minimum Gasteiger partial charge on any atom is -0.299 e. The normalized spacial score (nSPS) is 9.00. The van der Waals surface area contributed by atoms with Crippen molar-refractivity contribution in [1.29, 1.82) is 0 Å². The Balaban J connectivity index is 3.20. The average Bonchev–Trinajstić information content (AvgIpc) is 1.87. The third-order valence-electron chi connectivity index (χ3n) is 0.740. The second kappa shape index (κ2) is 5.96. The number of thioether (sulfide) groups is 1. The van der Waals surface area contributed by atoms with Gasteiger partial charge in [-0.2, -0.15) is 0 Å². The standard InChI is InChI=1S/C5H8INO2S/c1-4(8)10-3-2-5(9)7-6/h2-3H2,1H3,(H,7,9). The first-order chi connectivity index (χ1) is 4.66. The Hall–Kier alpha value is 0.220. The van der Waals surface area contributed by atoms with Crippen molar-refractivity contribution in [2.45, 2.75) is 13.3 Å². The largest absolute Gasteiger partial charge is 0.299 e. The van der Waals surface area contributed by atoms with Gasteiger partial charge >= 0.3 is 0 Å². The molecule has 5 heteroatoms. The summed E-state index contributed by atoms with van der Waals surface area (Å²) in [6, 6.07) is 0. The monoisotopic (exact) mass is 273 g/mol. The topological polar surface area (TPSA) is 46.2 Å². The van der Waals surface area contributed by atoms with E-state index in [1.807, 2.05) is 0 Å². The molecule has 0 aromatic rings. The summed E-state index contributed by atoms with van der Waals surface area (Å²) in [5, 5.41) is 0.0567. The Morgan fingerprint density at radius 2 is 2.20 bits per heavy atom. The van der Waals surface area contributed by atoms with Gasteiger partial charge in [-0.25, -0.2) is 0 Å². The SMILES string of the molecule is CC(=O)SCCC(=O)NI. The van der Waals surface area contributed by atoms with Crippen molar-refractivity contribution in [2.75, 3.05) is 5.75 Å². The van der Waals surface area contributed by atoms with Crippen molar-refractivity contribution in [3.8, 4) is 0 Å². The van der Waals surface area contributed by atoms with Crippen LogP contribution in [0, 0.1) is 0 Å². The Labute approximate surface area is 77.8 Å². The summed E-state index contributed by atoms with van der Waals surface area (Å²) in [4.78, 5) is 20.9. The van der Waals surface area contributed by atoms with E-state index < -0.39 is 0 Å². The van der Waals surface area contributed by atoms with Crippen LogP contribution in [0.4, 0.5) is 0 Å². The fraction of sp³-hybridized carbons (Fsp3) is 0.600. The third-order valence-corrected chi connectivity index (χ3v) is 2.16. The van der Waals surface area contributed by atoms with Gasteiger partial charge in [0.25, 0.3) is 0 Å². The number of rotatable bonds is 3. The van der Waals surface area contributed by atoms with Crippen LogP contribution >= 0.6 is 34.6 Å². The highest BCUT2D eigenvalue weighted by atomic mass is 127. The van der Waals surface area contributed by atoms with Crippen molar-refractivity contribution in [3.05, 3.63) is 0 Å². The third kappa shape index (κ3) is 6.34. The molecular weight excluding hydrogens is 265 g/mol. The summed E-state index contributed by atoms with van der Waals surface area (Å²) in [7, 11) is 0. The molecule has 0 unspecified atom stereocenters. The molecule has 0 saturated heterocycles. The zero-order valence-corrected chi connectivity index (χ0v) is 8.49. The maximum absolute atomic E-state index is 10.6. The number of hydrogen-bond donors (Lipinski definition) is 1. The van der Waals surface area contributed by atoms with Crippen LogP contribution in [0.15, 0.2) is 0 Å². The van der Waals surface area contributed by atoms with Crippen molar-refractivity contribution in [3.63, 3.8) is 0 Å². The lowest BCUT2D eigenvalue weighted by atomic mass is 10.5. The lowest BCUT2D eigenvalue weighted by Gasteiger charge is -1.94. The first-order valence-corrected chi connectivity index (χ1v) is 4.76. The molecule has 0 heterocycles. The van der Waals surface area contributed by atoms with E-state index in [-0.39, 0.29) is 11.0 Å². The molecule has 0 aliphatic carbocycles. The molecule has 0 aliphatic rings. The van der Waals surface area contributed by atoms with Crippen LogP contribution in [0.3, 0.4) is 0 Å². The molecule has 58 valence electrons. The maximum Gasteiger partial charge on any atom is 0.229 e. The molecule has 0 rings (SSSR count). The first-order valence-electron chi connectivity index (χ1n) is 2.69. The van der Waals surface area contributed by atoms with Crippen molar-refractivity contribution in [1.82, 2.24) is 3.53 Å². The van der Waals surface area contributed by atoms with Gasteiger partial charge in [0.15, 0.2) is 5.12 Å². The van der Waals surface area contributed by atoms with E-state index in [9.17, 15) is 9.59 Å². The van der Waals surface area contributed by atoms with Crippen LogP contribution in [0.5, 0.6) is 0 Å². The Morgan fingerprint density at radius 1 is 1.60 bits per heavy atom. The molecule has 0 spiro atoms. The van der Waals surface area contributed by atoms with Gasteiger partial charge in [-0.3, -0.25) is 13.1 Å². The molecule has 3 nitrogen and oxygen atoms in total. The van der Waals surface area contributed by atoms with Crippen LogP contribution in [-0.2, 0) is 9.59 Å². The van der Waals surface area contributed by atoms with Crippen molar-refractivity contribution >= 4 is 45.6 Å². The number of hydrogen-bond acceptors (Lipinski definition) is 3. The number of amides is 1. The Bertz CT molecular complexity index is 140. The molecule has 0 aromatic heterocycles. The van der Waals surface area contributed by atoms with Crippen LogP contribution in [0.1, 0.15) is 13.3 Å². The molecule has 0 aliphatic heterocycles. The smallest absolute Gasteiger partial charge is 0.229 e. The number of carbonyl (C=O) groups excluding carboxylic acids is 2. The van der Waals surface area contributed by atoms with E-state index >= 15 is 0 Å². The molecule has 10 heavy (non-hydrogen) atoms. The number of nitrogens with one attached hydrogen (secondary N) is 1. The van der Waals surface area contributed by atoms with Crippen LogP contribution < -0.4 is 3.53 Å². The summed E-state index contributed by atoms with van der Waals surface area (Å²) >= 11 is 2.95. The fourth-order valence-electron chi connectivity index (χ4n) is 0.335. The molecule has 0 fully saturated rings. The van der Waals surface area contributed by atoms with Gasteiger partial charge in [-0.05, 0) is 0 Å². The van der Waals surface area contributed by atoms with E-state index in [1.165, 1.54) is 18.7 Å². The maximum atomic E-state index is 10.6. The summed E-state index contributed by atoms with van der Waals surface area (Å²) in [6.07, 6.45) is 0.410. The molecule has 0 saturated carbocycles. The molecule has 1 amide bonds. The predicted molar refractivity (Wildman–Crippen MR) is 49.9 cm³/mol. The molecule has 0 radical (unpaired) electrons. The second-order valence-corrected chi connectivity index (χ2v) is 3.42. The average molecular weight is 273 g/mol. The minimum atomic E-state index is -0.0330. The van der Waals surface area contributed by atoms with Crippen molar-refractivity contribution in [2.24, 2.45) is 0 Å². The number of carbonyl (C=O) groups is 2. The highest BCUT2D eigenvalue weighted by Crippen LogP contribution is 2.02. The van der Waals surface area contributed by atoms with Gasteiger partial charge in [-0.15, -0.1) is 0 Å². The van der Waals surface area contributed by atoms with E-state index in [4.69, 9.17) is 0 Å². The summed E-state index contributed by atoms with van der Waals surface area (Å²) < 4.78 is 2.45. The molecule has 0 bridgehead atoms. The zero-order chi connectivity index (χ0) is 7.98. The minimum absolute atomic E-state index is 0.0330. The fourth-order valence-corrected chi connectivity index (χ4v) is 1.18. The quantitative estimate of drug-likeness (QED) is 0.619. The lowest BCUT2D eigenvalue weighted by Crippen LogP contribution is -2.11. The molecule has 0 atom stereocenters. The first kappa shape index (κ1) is 10.2. The van der Waals surface area contributed by atoms with Crippen LogP contribution in [0.25, 0.3) is 0 Å². The molecular formula is C5H8INO2S. The highest BCUT2D eigenvalue weighted by Gasteiger charge is 1.99. The lowest BCUT2D eigenvalue weighted by molar-refractivity contribution is -0.118. The van der Waals surface area contributed by atoms with Gasteiger partial charge < -0.3 is 0 Å². The van der Waals surface area contributed by atoms with Crippen molar-refractivity contribution < 1.29 is 9.59 Å². The van der Waals surface area contributed by atoms with Gasteiger partial charge in [0.1, 0.15) is 0 Å². The van der Waals surface area contributed by atoms with Crippen LogP contribution in [-0.4, -0.2) is 16.8 Å². The molecule has 1 N–H and O–H groups in total. The second-order valence-electron chi connectivity index (χ2n) is 1.61. The summed E-state index contributed by atoms with van der Waals surface area (Å²) in [5.41, 5.74) is 0. The summed E-state index contributed by atoms with van der Waals surface area (Å²) in [5.74, 6) is 0.541. The Kier molecular flexibility index (Phi) is 6.10. The van der Waals surface area contributed by atoms with Gasteiger partial charge in [0.05, 0.1) is 22.9 Å².